The molecule has 100 valence electrons. The minimum atomic E-state index is -0.353. The van der Waals surface area contributed by atoms with Crippen LogP contribution >= 0.6 is 12.4 Å². The monoisotopic (exact) mass is 262 g/mol. The van der Waals surface area contributed by atoms with Crippen LogP contribution in [0.3, 0.4) is 0 Å². The summed E-state index contributed by atoms with van der Waals surface area (Å²) in [4.78, 5) is 13.8. The summed E-state index contributed by atoms with van der Waals surface area (Å²) in [6.07, 6.45) is 4.00. The SMILES string of the molecule is C=CCCOC(C)C(=O)N1CCC(N)CC1.Cl. The number of amides is 1. The third kappa shape index (κ3) is 5.52. The third-order valence-electron chi connectivity index (χ3n) is 2.89. The van der Waals surface area contributed by atoms with Crippen LogP contribution in [-0.4, -0.2) is 42.6 Å². The second kappa shape index (κ2) is 8.50. The molecular weight excluding hydrogens is 240 g/mol. The second-order valence-corrected chi connectivity index (χ2v) is 4.25. The Bertz CT molecular complexity index is 241. The number of likely N-dealkylation sites (tertiary alicyclic amines) is 1. The molecule has 0 bridgehead atoms. The van der Waals surface area contributed by atoms with Crippen LogP contribution in [0.4, 0.5) is 0 Å². The van der Waals surface area contributed by atoms with Gasteiger partial charge >= 0.3 is 0 Å². The molecule has 1 rings (SSSR count). The predicted molar refractivity (Wildman–Crippen MR) is 71.3 cm³/mol. The van der Waals surface area contributed by atoms with Crippen molar-refractivity contribution in [1.82, 2.24) is 4.90 Å². The first kappa shape index (κ1) is 16.4. The zero-order chi connectivity index (χ0) is 12.0. The Kier molecular flexibility index (Phi) is 8.21. The van der Waals surface area contributed by atoms with E-state index >= 15 is 0 Å². The number of rotatable bonds is 5. The van der Waals surface area contributed by atoms with Crippen LogP contribution < -0.4 is 5.73 Å². The molecule has 1 aliphatic rings. The first-order valence-corrected chi connectivity index (χ1v) is 5.92. The molecule has 0 aromatic rings. The van der Waals surface area contributed by atoms with E-state index in [-0.39, 0.29) is 30.5 Å². The molecule has 1 aliphatic heterocycles. The maximum Gasteiger partial charge on any atom is 0.251 e. The van der Waals surface area contributed by atoms with Gasteiger partial charge in [-0.3, -0.25) is 4.79 Å². The van der Waals surface area contributed by atoms with Crippen molar-refractivity contribution in [3.63, 3.8) is 0 Å². The number of carbonyl (C=O) groups excluding carboxylic acids is 1. The van der Waals surface area contributed by atoms with E-state index in [1.54, 1.807) is 13.0 Å². The van der Waals surface area contributed by atoms with Crippen LogP contribution in [0.25, 0.3) is 0 Å². The Balaban J connectivity index is 0.00000256. The van der Waals surface area contributed by atoms with E-state index in [0.717, 1.165) is 32.4 Å². The summed E-state index contributed by atoms with van der Waals surface area (Å²) >= 11 is 0. The van der Waals surface area contributed by atoms with E-state index in [4.69, 9.17) is 10.5 Å². The van der Waals surface area contributed by atoms with E-state index in [1.807, 2.05) is 4.90 Å². The van der Waals surface area contributed by atoms with Crippen LogP contribution in [0, 0.1) is 0 Å². The summed E-state index contributed by atoms with van der Waals surface area (Å²) in [5.41, 5.74) is 5.79. The fourth-order valence-electron chi connectivity index (χ4n) is 1.78. The normalized spacial score (nSPS) is 18.4. The first-order valence-electron chi connectivity index (χ1n) is 5.92. The highest BCUT2D eigenvalue weighted by atomic mass is 35.5. The van der Waals surface area contributed by atoms with Crippen molar-refractivity contribution in [2.75, 3.05) is 19.7 Å². The Morgan fingerprint density at radius 2 is 2.18 bits per heavy atom. The summed E-state index contributed by atoms with van der Waals surface area (Å²) in [6, 6.07) is 0.251. The van der Waals surface area contributed by atoms with Gasteiger partial charge in [-0.1, -0.05) is 6.08 Å². The van der Waals surface area contributed by atoms with Gasteiger partial charge in [0.2, 0.25) is 0 Å². The predicted octanol–water partition coefficient (Wildman–Crippen LogP) is 1.34. The molecule has 5 heteroatoms. The quantitative estimate of drug-likeness (QED) is 0.601. The molecule has 0 aromatic carbocycles. The maximum atomic E-state index is 11.9. The van der Waals surface area contributed by atoms with Gasteiger partial charge in [0.15, 0.2) is 0 Å². The van der Waals surface area contributed by atoms with Crippen LogP contribution in [0.15, 0.2) is 12.7 Å². The van der Waals surface area contributed by atoms with Gasteiger partial charge in [0.1, 0.15) is 6.10 Å². The van der Waals surface area contributed by atoms with Crippen molar-refractivity contribution in [3.8, 4) is 0 Å². The molecule has 0 aromatic heterocycles. The van der Waals surface area contributed by atoms with Crippen LogP contribution in [0.2, 0.25) is 0 Å². The summed E-state index contributed by atoms with van der Waals surface area (Å²) < 4.78 is 5.43. The Morgan fingerprint density at radius 1 is 1.59 bits per heavy atom. The Labute approximate surface area is 110 Å². The highest BCUT2D eigenvalue weighted by molar-refractivity contribution is 5.85. The average molecular weight is 263 g/mol. The van der Waals surface area contributed by atoms with Gasteiger partial charge in [0.05, 0.1) is 6.61 Å². The first-order chi connectivity index (χ1) is 7.65. The topological polar surface area (TPSA) is 55.6 Å². The van der Waals surface area contributed by atoms with Crippen molar-refractivity contribution in [1.29, 1.82) is 0 Å². The molecule has 1 saturated heterocycles. The minimum Gasteiger partial charge on any atom is -0.368 e. The number of hydrogen-bond acceptors (Lipinski definition) is 3. The number of nitrogens with zero attached hydrogens (tertiary/aromatic N) is 1. The van der Waals surface area contributed by atoms with Crippen LogP contribution in [0.1, 0.15) is 26.2 Å². The molecular formula is C12H23ClN2O2. The number of ether oxygens (including phenoxy) is 1. The van der Waals surface area contributed by atoms with Crippen LogP contribution in [-0.2, 0) is 9.53 Å². The molecule has 2 N–H and O–H groups in total. The van der Waals surface area contributed by atoms with Gasteiger partial charge in [0.25, 0.3) is 5.91 Å². The third-order valence-corrected chi connectivity index (χ3v) is 2.89. The van der Waals surface area contributed by atoms with Gasteiger partial charge in [0, 0.05) is 19.1 Å². The number of carbonyl (C=O) groups is 1. The Morgan fingerprint density at radius 3 is 2.71 bits per heavy atom. The lowest BCUT2D eigenvalue weighted by Gasteiger charge is -2.31. The van der Waals surface area contributed by atoms with Gasteiger partial charge in [-0.15, -0.1) is 19.0 Å². The van der Waals surface area contributed by atoms with Gasteiger partial charge in [-0.2, -0.15) is 0 Å². The van der Waals surface area contributed by atoms with Gasteiger partial charge in [-0.05, 0) is 26.2 Å². The standard InChI is InChI=1S/C12H22N2O2.ClH/c1-3-4-9-16-10(2)12(15)14-7-5-11(13)6-8-14;/h3,10-11H,1,4-9,13H2,2H3;1H. The summed E-state index contributed by atoms with van der Waals surface area (Å²) in [7, 11) is 0. The van der Waals surface area contributed by atoms with E-state index < -0.39 is 0 Å². The highest BCUT2D eigenvalue weighted by Gasteiger charge is 2.24. The average Bonchev–Trinajstić information content (AvgIpc) is 2.29. The fourth-order valence-corrected chi connectivity index (χ4v) is 1.78. The molecule has 4 nitrogen and oxygen atoms in total. The summed E-state index contributed by atoms with van der Waals surface area (Å²) in [5.74, 6) is 0.0796. The van der Waals surface area contributed by atoms with Crippen molar-refractivity contribution >= 4 is 18.3 Å². The van der Waals surface area contributed by atoms with E-state index in [1.165, 1.54) is 0 Å². The fraction of sp³-hybridized carbons (Fsp3) is 0.750. The lowest BCUT2D eigenvalue weighted by Crippen LogP contribution is -2.46. The second-order valence-electron chi connectivity index (χ2n) is 4.25. The zero-order valence-electron chi connectivity index (χ0n) is 10.4. The molecule has 17 heavy (non-hydrogen) atoms. The van der Waals surface area contributed by atoms with Crippen molar-refractivity contribution in [3.05, 3.63) is 12.7 Å². The lowest BCUT2D eigenvalue weighted by molar-refractivity contribution is -0.143. The minimum absolute atomic E-state index is 0. The molecule has 1 atom stereocenters. The molecule has 0 spiro atoms. The summed E-state index contributed by atoms with van der Waals surface area (Å²) in [5, 5.41) is 0. The van der Waals surface area contributed by atoms with Crippen LogP contribution in [0.5, 0.6) is 0 Å². The molecule has 0 saturated carbocycles. The molecule has 1 unspecified atom stereocenters. The molecule has 1 heterocycles. The van der Waals surface area contributed by atoms with E-state index in [0.29, 0.717) is 6.61 Å². The zero-order valence-corrected chi connectivity index (χ0v) is 11.2. The number of halogens is 1. The van der Waals surface area contributed by atoms with Crippen molar-refractivity contribution in [2.45, 2.75) is 38.3 Å². The highest BCUT2D eigenvalue weighted by Crippen LogP contribution is 2.10. The summed E-state index contributed by atoms with van der Waals surface area (Å²) in [6.45, 7) is 7.49. The van der Waals surface area contributed by atoms with Gasteiger partial charge in [-0.25, -0.2) is 0 Å². The largest absolute Gasteiger partial charge is 0.368 e. The molecule has 0 radical (unpaired) electrons. The van der Waals surface area contributed by atoms with Gasteiger partial charge < -0.3 is 15.4 Å². The molecule has 1 amide bonds. The number of hydrogen-bond donors (Lipinski definition) is 1. The van der Waals surface area contributed by atoms with E-state index in [2.05, 4.69) is 6.58 Å². The maximum absolute atomic E-state index is 11.9. The van der Waals surface area contributed by atoms with Crippen molar-refractivity contribution in [2.24, 2.45) is 5.73 Å². The smallest absolute Gasteiger partial charge is 0.251 e. The van der Waals surface area contributed by atoms with Crippen molar-refractivity contribution < 1.29 is 9.53 Å². The number of nitrogens with two attached hydrogens (primary N) is 1. The van der Waals surface area contributed by atoms with E-state index in [9.17, 15) is 4.79 Å². The molecule has 0 aliphatic carbocycles. The Hall–Kier alpha value is -0.580. The number of piperidine rings is 1. The lowest BCUT2D eigenvalue weighted by atomic mass is 10.1. The molecule has 1 fully saturated rings.